The minimum Gasteiger partial charge on any atom is -0.497 e. The van der Waals surface area contributed by atoms with Crippen LogP contribution in [0.4, 0.5) is 11.4 Å². The largest absolute Gasteiger partial charge is 0.497 e. The van der Waals surface area contributed by atoms with Crippen molar-refractivity contribution in [3.8, 4) is 11.5 Å². The van der Waals surface area contributed by atoms with Gasteiger partial charge in [-0.2, -0.15) is 8.42 Å². The maximum absolute atomic E-state index is 12.7. The first-order valence-electron chi connectivity index (χ1n) is 8.64. The number of benzene rings is 2. The van der Waals surface area contributed by atoms with Crippen LogP contribution in [0.3, 0.4) is 0 Å². The summed E-state index contributed by atoms with van der Waals surface area (Å²) >= 11 is 0. The molecule has 1 aliphatic rings. The molecule has 0 fully saturated rings. The van der Waals surface area contributed by atoms with Crippen molar-refractivity contribution < 1.29 is 22.7 Å². The van der Waals surface area contributed by atoms with Crippen LogP contribution >= 0.6 is 0 Å². The topological polar surface area (TPSA) is 97.3 Å². The van der Waals surface area contributed by atoms with E-state index in [1.165, 1.54) is 26.6 Å². The highest BCUT2D eigenvalue weighted by molar-refractivity contribution is 7.90. The summed E-state index contributed by atoms with van der Waals surface area (Å²) in [4.78, 5) is 14.5. The maximum Gasteiger partial charge on any atom is 0.285 e. The number of amides is 1. The van der Waals surface area contributed by atoms with Crippen molar-refractivity contribution in [2.24, 2.45) is 4.40 Å². The van der Waals surface area contributed by atoms with Crippen LogP contribution in [0.15, 0.2) is 45.7 Å². The van der Waals surface area contributed by atoms with E-state index >= 15 is 0 Å². The molecule has 1 amide bonds. The van der Waals surface area contributed by atoms with Crippen LogP contribution in [0, 0.1) is 0 Å². The number of sulfonamides is 1. The summed E-state index contributed by atoms with van der Waals surface area (Å²) in [6.07, 6.45) is 2.13. The molecule has 1 aliphatic heterocycles. The molecule has 28 heavy (non-hydrogen) atoms. The van der Waals surface area contributed by atoms with E-state index in [-0.39, 0.29) is 10.5 Å². The fourth-order valence-electron chi connectivity index (χ4n) is 2.85. The highest BCUT2D eigenvalue weighted by atomic mass is 32.2. The third-order valence-electron chi connectivity index (χ3n) is 4.26. The Kier molecular flexibility index (Phi) is 5.55. The first-order chi connectivity index (χ1) is 13.4. The van der Waals surface area contributed by atoms with Gasteiger partial charge in [-0.3, -0.25) is 4.79 Å². The van der Waals surface area contributed by atoms with Gasteiger partial charge in [0.15, 0.2) is 0 Å². The normalized spacial score (nSPS) is 14.3. The van der Waals surface area contributed by atoms with Crippen LogP contribution in [0.25, 0.3) is 0 Å². The number of nitrogens with zero attached hydrogens (tertiary/aromatic N) is 2. The molecular weight excluding hydrogens is 382 g/mol. The lowest BCUT2D eigenvalue weighted by molar-refractivity contribution is 0.102. The predicted molar refractivity (Wildman–Crippen MR) is 107 cm³/mol. The number of fused-ring (bicyclic) bond motifs is 1. The van der Waals surface area contributed by atoms with Gasteiger partial charge in [-0.1, -0.05) is 6.92 Å². The van der Waals surface area contributed by atoms with Crippen molar-refractivity contribution in [3.05, 3.63) is 42.0 Å². The van der Waals surface area contributed by atoms with Gasteiger partial charge in [0.05, 0.1) is 25.6 Å². The Hall–Kier alpha value is -3.07. The smallest absolute Gasteiger partial charge is 0.285 e. The highest BCUT2D eigenvalue weighted by Crippen LogP contribution is 2.32. The fraction of sp³-hybridized carbons (Fsp3) is 0.263. The molecule has 1 N–H and O–H groups in total. The molecule has 0 aromatic heterocycles. The molecule has 2 aromatic rings. The molecule has 2 aromatic carbocycles. The Morgan fingerprint density at radius 2 is 1.93 bits per heavy atom. The molecule has 9 heteroatoms. The maximum atomic E-state index is 12.7. The van der Waals surface area contributed by atoms with Crippen molar-refractivity contribution in [3.63, 3.8) is 0 Å². The zero-order valence-electron chi connectivity index (χ0n) is 15.8. The van der Waals surface area contributed by atoms with Gasteiger partial charge in [-0.15, -0.1) is 4.40 Å². The number of carbonyl (C=O) groups is 1. The van der Waals surface area contributed by atoms with E-state index in [0.717, 1.165) is 6.42 Å². The summed E-state index contributed by atoms with van der Waals surface area (Å²) in [7, 11) is -0.822. The van der Waals surface area contributed by atoms with Crippen LogP contribution in [0.1, 0.15) is 23.7 Å². The fourth-order valence-corrected chi connectivity index (χ4v) is 3.93. The molecule has 0 saturated heterocycles. The SMILES string of the molecule is CCCN1C=NS(=O)(=O)c2cc(C(=O)Nc3ccc(OC)cc3OC)ccc21. The van der Waals surface area contributed by atoms with Crippen LogP contribution in [0.5, 0.6) is 11.5 Å². The van der Waals surface area contributed by atoms with Crippen molar-refractivity contribution in [2.75, 3.05) is 31.0 Å². The zero-order chi connectivity index (χ0) is 20.3. The summed E-state index contributed by atoms with van der Waals surface area (Å²) in [5.41, 5.74) is 1.16. The standard InChI is InChI=1S/C19H21N3O5S/c1-4-9-22-12-20-28(24,25)18-10-13(5-8-16(18)22)19(23)21-15-7-6-14(26-2)11-17(15)27-3/h5-8,10-12H,4,9H2,1-3H3,(H,21,23). The molecule has 0 spiro atoms. The quantitative estimate of drug-likeness (QED) is 0.797. The van der Waals surface area contributed by atoms with Crippen LogP contribution in [0.2, 0.25) is 0 Å². The molecule has 148 valence electrons. The van der Waals surface area contributed by atoms with Crippen molar-refractivity contribution in [1.82, 2.24) is 0 Å². The molecule has 3 rings (SSSR count). The number of hydrogen-bond donors (Lipinski definition) is 1. The first kappa shape index (κ1) is 19.7. The van der Waals surface area contributed by atoms with Crippen LogP contribution in [-0.2, 0) is 10.0 Å². The van der Waals surface area contributed by atoms with Crippen molar-refractivity contribution >= 4 is 33.6 Å². The summed E-state index contributed by atoms with van der Waals surface area (Å²) in [5.74, 6) is 0.554. The monoisotopic (exact) mass is 403 g/mol. The highest BCUT2D eigenvalue weighted by Gasteiger charge is 2.26. The molecule has 8 nitrogen and oxygen atoms in total. The minimum absolute atomic E-state index is 0.0118. The van der Waals surface area contributed by atoms with E-state index in [0.29, 0.717) is 29.4 Å². The number of methoxy groups -OCH3 is 2. The molecule has 0 radical (unpaired) electrons. The van der Waals surface area contributed by atoms with Crippen LogP contribution < -0.4 is 19.7 Å². The van der Waals surface area contributed by atoms with Gasteiger partial charge in [-0.25, -0.2) is 0 Å². The molecule has 0 saturated carbocycles. The van der Waals surface area contributed by atoms with E-state index < -0.39 is 15.9 Å². The third-order valence-corrected chi connectivity index (χ3v) is 5.51. The Labute approximate surface area is 163 Å². The number of nitrogens with one attached hydrogen (secondary N) is 1. The third kappa shape index (κ3) is 3.79. The summed E-state index contributed by atoms with van der Waals surface area (Å²) in [6, 6.07) is 9.53. The van der Waals surface area contributed by atoms with Crippen molar-refractivity contribution in [1.29, 1.82) is 0 Å². The average Bonchev–Trinajstić information content (AvgIpc) is 2.70. The van der Waals surface area contributed by atoms with Gasteiger partial charge in [0.25, 0.3) is 15.9 Å². The Bertz CT molecular complexity index is 1030. The van der Waals surface area contributed by atoms with Crippen molar-refractivity contribution in [2.45, 2.75) is 18.2 Å². The number of hydrogen-bond acceptors (Lipinski definition) is 6. The first-order valence-corrected chi connectivity index (χ1v) is 10.1. The average molecular weight is 403 g/mol. The second-order valence-corrected chi connectivity index (χ2v) is 7.69. The number of carbonyl (C=O) groups excluding carboxylic acids is 1. The van der Waals surface area contributed by atoms with Gasteiger partial charge in [0.1, 0.15) is 22.7 Å². The van der Waals surface area contributed by atoms with Crippen LogP contribution in [-0.4, -0.2) is 41.4 Å². The number of anilines is 2. The van der Waals surface area contributed by atoms with E-state index in [9.17, 15) is 13.2 Å². The van der Waals surface area contributed by atoms with Gasteiger partial charge in [0.2, 0.25) is 0 Å². The molecule has 0 unspecified atom stereocenters. The molecule has 0 bridgehead atoms. The molecule has 0 atom stereocenters. The van der Waals surface area contributed by atoms with Gasteiger partial charge < -0.3 is 19.7 Å². The minimum atomic E-state index is -3.84. The lowest BCUT2D eigenvalue weighted by atomic mass is 10.1. The lowest BCUT2D eigenvalue weighted by Crippen LogP contribution is -2.28. The summed E-state index contributed by atoms with van der Waals surface area (Å²) < 4.78 is 38.7. The van der Waals surface area contributed by atoms with E-state index in [2.05, 4.69) is 9.71 Å². The zero-order valence-corrected chi connectivity index (χ0v) is 16.6. The summed E-state index contributed by atoms with van der Waals surface area (Å²) in [5, 5.41) is 2.73. The predicted octanol–water partition coefficient (Wildman–Crippen LogP) is 2.90. The second-order valence-electron chi connectivity index (χ2n) is 6.09. The molecule has 0 aliphatic carbocycles. The number of ether oxygens (including phenoxy) is 2. The Morgan fingerprint density at radius 3 is 2.61 bits per heavy atom. The van der Waals surface area contributed by atoms with Gasteiger partial charge in [-0.05, 0) is 36.8 Å². The van der Waals surface area contributed by atoms with E-state index in [4.69, 9.17) is 9.47 Å². The number of rotatable bonds is 6. The second kappa shape index (κ2) is 7.89. The van der Waals surface area contributed by atoms with Gasteiger partial charge in [0, 0.05) is 18.2 Å². The molecule has 1 heterocycles. The molecular formula is C19H21N3O5S. The van der Waals surface area contributed by atoms with E-state index in [1.54, 1.807) is 35.2 Å². The Balaban J connectivity index is 1.93. The Morgan fingerprint density at radius 1 is 1.14 bits per heavy atom. The van der Waals surface area contributed by atoms with Gasteiger partial charge >= 0.3 is 0 Å². The lowest BCUT2D eigenvalue weighted by Gasteiger charge is -2.25. The van der Waals surface area contributed by atoms with E-state index in [1.807, 2.05) is 6.92 Å². The summed E-state index contributed by atoms with van der Waals surface area (Å²) in [6.45, 7) is 2.61.